The molecule has 0 bridgehead atoms. The third-order valence-corrected chi connectivity index (χ3v) is 2.42. The fourth-order valence-corrected chi connectivity index (χ4v) is 1.56. The molecule has 128 valence electrons. The lowest BCUT2D eigenvalue weighted by Gasteiger charge is -2.13. The number of aromatic nitrogens is 1. The molecule has 1 aromatic heterocycles. The molecule has 0 spiro atoms. The Kier molecular flexibility index (Phi) is 14.3. The van der Waals surface area contributed by atoms with E-state index in [1.54, 1.807) is 25.4 Å². The summed E-state index contributed by atoms with van der Waals surface area (Å²) >= 11 is 0. The summed E-state index contributed by atoms with van der Waals surface area (Å²) in [6.07, 6.45) is 1.58. The average Bonchev–Trinajstić information content (AvgIpc) is 2.42. The van der Waals surface area contributed by atoms with Crippen LogP contribution in [0.15, 0.2) is 18.3 Å². The van der Waals surface area contributed by atoms with Crippen LogP contribution in [0, 0.1) is 0 Å². The Balaban J connectivity index is 0. The van der Waals surface area contributed by atoms with Crippen LogP contribution in [0.5, 0.6) is 5.75 Å². The first-order valence-corrected chi connectivity index (χ1v) is 6.74. The lowest BCUT2D eigenvalue weighted by Crippen LogP contribution is -2.33. The maximum atomic E-state index is 12.0. The third-order valence-electron chi connectivity index (χ3n) is 2.42. The van der Waals surface area contributed by atoms with Crippen LogP contribution in [-0.2, 0) is 4.74 Å². The van der Waals surface area contributed by atoms with Crippen molar-refractivity contribution in [3.63, 3.8) is 0 Å². The molecule has 0 aromatic carbocycles. The van der Waals surface area contributed by atoms with Gasteiger partial charge in [-0.25, -0.2) is 4.98 Å². The summed E-state index contributed by atoms with van der Waals surface area (Å²) in [7, 11) is 1.65. The van der Waals surface area contributed by atoms with Gasteiger partial charge in [0, 0.05) is 32.9 Å². The number of ether oxygens (including phenoxy) is 2. The fourth-order valence-electron chi connectivity index (χ4n) is 1.56. The summed E-state index contributed by atoms with van der Waals surface area (Å²) in [5.41, 5.74) is 0.318. The van der Waals surface area contributed by atoms with Crippen molar-refractivity contribution in [2.45, 2.75) is 20.0 Å². The van der Waals surface area contributed by atoms with E-state index in [4.69, 9.17) is 9.47 Å². The molecule has 0 aliphatic rings. The van der Waals surface area contributed by atoms with Gasteiger partial charge in [-0.2, -0.15) is 0 Å². The number of nitrogens with one attached hydrogen (secondary N) is 2. The van der Waals surface area contributed by atoms with Crippen molar-refractivity contribution in [2.75, 3.05) is 33.4 Å². The first kappa shape index (κ1) is 23.2. The number of amides is 1. The molecule has 0 fully saturated rings. The number of pyridine rings is 1. The Bertz CT molecular complexity index is 420. The number of halogens is 2. The molecule has 1 aromatic rings. The van der Waals surface area contributed by atoms with Gasteiger partial charge < -0.3 is 20.1 Å². The van der Waals surface area contributed by atoms with E-state index < -0.39 is 0 Å². The summed E-state index contributed by atoms with van der Waals surface area (Å²) < 4.78 is 10.5. The summed E-state index contributed by atoms with van der Waals surface area (Å²) in [4.78, 5) is 16.1. The molecule has 22 heavy (non-hydrogen) atoms. The SMILES string of the molecule is COCCNCCNC(=O)c1ncccc1OC(C)C.Cl.Cl. The van der Waals surface area contributed by atoms with E-state index >= 15 is 0 Å². The summed E-state index contributed by atoms with van der Waals surface area (Å²) in [5.74, 6) is 0.280. The number of nitrogens with zero attached hydrogens (tertiary/aromatic N) is 1. The molecule has 1 rings (SSSR count). The fraction of sp³-hybridized carbons (Fsp3) is 0.571. The van der Waals surface area contributed by atoms with Gasteiger partial charge >= 0.3 is 0 Å². The molecule has 0 saturated heterocycles. The molecule has 0 aliphatic carbocycles. The van der Waals surface area contributed by atoms with Gasteiger partial charge in [0.1, 0.15) is 0 Å². The predicted molar refractivity (Wildman–Crippen MR) is 91.6 cm³/mol. The highest BCUT2D eigenvalue weighted by Crippen LogP contribution is 2.16. The highest BCUT2D eigenvalue weighted by atomic mass is 35.5. The van der Waals surface area contributed by atoms with Crippen molar-refractivity contribution in [1.82, 2.24) is 15.6 Å². The molecule has 2 N–H and O–H groups in total. The van der Waals surface area contributed by atoms with Gasteiger partial charge in [-0.15, -0.1) is 24.8 Å². The van der Waals surface area contributed by atoms with Crippen molar-refractivity contribution < 1.29 is 14.3 Å². The Hall–Kier alpha value is -1.08. The summed E-state index contributed by atoms with van der Waals surface area (Å²) in [6, 6.07) is 3.50. The van der Waals surface area contributed by atoms with E-state index in [-0.39, 0.29) is 36.8 Å². The summed E-state index contributed by atoms with van der Waals surface area (Å²) in [5, 5.41) is 5.95. The predicted octanol–water partition coefficient (Wildman–Crippen LogP) is 1.68. The van der Waals surface area contributed by atoms with Crippen molar-refractivity contribution in [3.8, 4) is 5.75 Å². The van der Waals surface area contributed by atoms with Gasteiger partial charge in [-0.1, -0.05) is 0 Å². The van der Waals surface area contributed by atoms with E-state index in [2.05, 4.69) is 15.6 Å². The van der Waals surface area contributed by atoms with Gasteiger partial charge in [0.15, 0.2) is 11.4 Å². The number of hydrogen-bond donors (Lipinski definition) is 2. The smallest absolute Gasteiger partial charge is 0.273 e. The molecule has 1 heterocycles. The standard InChI is InChI=1S/C14H23N3O3.2ClH/c1-11(2)20-12-5-4-6-16-13(12)14(18)17-8-7-15-9-10-19-3;;/h4-6,11,15H,7-10H2,1-3H3,(H,17,18);2*1H. The number of carbonyl (C=O) groups excluding carboxylic acids is 1. The van der Waals surface area contributed by atoms with Crippen molar-refractivity contribution in [2.24, 2.45) is 0 Å². The zero-order valence-electron chi connectivity index (χ0n) is 13.1. The van der Waals surface area contributed by atoms with Gasteiger partial charge in [-0.05, 0) is 26.0 Å². The van der Waals surface area contributed by atoms with Crippen molar-refractivity contribution in [1.29, 1.82) is 0 Å². The summed E-state index contributed by atoms with van der Waals surface area (Å²) in [6.45, 7) is 6.45. The topological polar surface area (TPSA) is 72.5 Å². The minimum absolute atomic E-state index is 0. The number of hydrogen-bond acceptors (Lipinski definition) is 5. The van der Waals surface area contributed by atoms with E-state index in [1.165, 1.54) is 0 Å². The maximum Gasteiger partial charge on any atom is 0.273 e. The first-order chi connectivity index (χ1) is 9.65. The molecule has 8 heteroatoms. The lowest BCUT2D eigenvalue weighted by atomic mass is 10.3. The second-order valence-corrected chi connectivity index (χ2v) is 4.52. The third kappa shape index (κ3) is 9.04. The quantitative estimate of drug-likeness (QED) is 0.660. The molecule has 1 amide bonds. The van der Waals surface area contributed by atoms with E-state index in [9.17, 15) is 4.79 Å². The molecule has 0 atom stereocenters. The molecule has 0 saturated carbocycles. The van der Waals surface area contributed by atoms with E-state index in [1.807, 2.05) is 13.8 Å². The van der Waals surface area contributed by atoms with E-state index in [0.717, 1.165) is 6.54 Å². The van der Waals surface area contributed by atoms with Crippen LogP contribution >= 0.6 is 24.8 Å². The zero-order valence-corrected chi connectivity index (χ0v) is 14.8. The minimum atomic E-state index is -0.227. The van der Waals surface area contributed by atoms with Crippen LogP contribution in [0.25, 0.3) is 0 Å². The Morgan fingerprint density at radius 3 is 2.64 bits per heavy atom. The van der Waals surface area contributed by atoms with Crippen molar-refractivity contribution >= 4 is 30.7 Å². The average molecular weight is 354 g/mol. The van der Waals surface area contributed by atoms with Gasteiger partial charge in [0.25, 0.3) is 5.91 Å². The molecule has 0 radical (unpaired) electrons. The number of carbonyl (C=O) groups is 1. The Labute approximate surface area is 144 Å². The minimum Gasteiger partial charge on any atom is -0.489 e. The van der Waals surface area contributed by atoms with Crippen LogP contribution < -0.4 is 15.4 Å². The molecule has 0 unspecified atom stereocenters. The Morgan fingerprint density at radius 1 is 1.27 bits per heavy atom. The molecule has 6 nitrogen and oxygen atoms in total. The van der Waals surface area contributed by atoms with Crippen LogP contribution in [-0.4, -0.2) is 50.3 Å². The largest absolute Gasteiger partial charge is 0.489 e. The highest BCUT2D eigenvalue weighted by Gasteiger charge is 2.14. The van der Waals surface area contributed by atoms with Gasteiger partial charge in [-0.3, -0.25) is 4.79 Å². The van der Waals surface area contributed by atoms with Crippen LogP contribution in [0.2, 0.25) is 0 Å². The Morgan fingerprint density at radius 2 is 2.00 bits per heavy atom. The van der Waals surface area contributed by atoms with Gasteiger partial charge in [0.05, 0.1) is 12.7 Å². The zero-order chi connectivity index (χ0) is 14.8. The van der Waals surface area contributed by atoms with E-state index in [0.29, 0.717) is 31.1 Å². The number of methoxy groups -OCH3 is 1. The molecular formula is C14H25Cl2N3O3. The molecule has 0 aliphatic heterocycles. The number of rotatable bonds is 9. The maximum absolute atomic E-state index is 12.0. The van der Waals surface area contributed by atoms with Crippen LogP contribution in [0.4, 0.5) is 0 Å². The highest BCUT2D eigenvalue weighted by molar-refractivity contribution is 5.94. The second kappa shape index (κ2) is 13.6. The van der Waals surface area contributed by atoms with Gasteiger partial charge in [0.2, 0.25) is 0 Å². The normalized spacial score (nSPS) is 9.64. The molecular weight excluding hydrogens is 329 g/mol. The second-order valence-electron chi connectivity index (χ2n) is 4.52. The van der Waals surface area contributed by atoms with Crippen LogP contribution in [0.3, 0.4) is 0 Å². The van der Waals surface area contributed by atoms with Crippen LogP contribution in [0.1, 0.15) is 24.3 Å². The van der Waals surface area contributed by atoms with Crippen molar-refractivity contribution in [3.05, 3.63) is 24.0 Å². The lowest BCUT2D eigenvalue weighted by molar-refractivity contribution is 0.0942. The monoisotopic (exact) mass is 353 g/mol. The first-order valence-electron chi connectivity index (χ1n) is 6.74.